The molecule has 1 aromatic carbocycles. The second kappa shape index (κ2) is 6.45. The van der Waals surface area contributed by atoms with Crippen LogP contribution in [0.25, 0.3) is 0 Å². The summed E-state index contributed by atoms with van der Waals surface area (Å²) < 4.78 is 11.4. The van der Waals surface area contributed by atoms with Crippen molar-refractivity contribution in [3.8, 4) is 5.75 Å². The van der Waals surface area contributed by atoms with Crippen molar-refractivity contribution in [2.75, 3.05) is 18.5 Å². The van der Waals surface area contributed by atoms with Gasteiger partial charge in [0.25, 0.3) is 5.91 Å². The fourth-order valence-corrected chi connectivity index (χ4v) is 2.47. The molecule has 2 fully saturated rings. The molecule has 0 bridgehead atoms. The number of nitrogens with two attached hydrogens (primary N) is 1. The third-order valence-corrected chi connectivity index (χ3v) is 3.98. The van der Waals surface area contributed by atoms with E-state index in [1.165, 1.54) is 12.8 Å². The maximum absolute atomic E-state index is 12.2. The maximum atomic E-state index is 12.2. The van der Waals surface area contributed by atoms with Gasteiger partial charge in [-0.15, -0.1) is 0 Å². The van der Waals surface area contributed by atoms with E-state index in [-0.39, 0.29) is 12.0 Å². The Morgan fingerprint density at radius 1 is 1.29 bits per heavy atom. The van der Waals surface area contributed by atoms with Crippen LogP contribution in [0.2, 0.25) is 0 Å². The van der Waals surface area contributed by atoms with Gasteiger partial charge in [0.15, 0.2) is 0 Å². The average molecular weight is 290 g/mol. The van der Waals surface area contributed by atoms with E-state index in [1.54, 1.807) is 0 Å². The third kappa shape index (κ3) is 3.74. The van der Waals surface area contributed by atoms with Crippen LogP contribution < -0.4 is 15.8 Å². The fraction of sp³-hybridized carbons (Fsp3) is 0.562. The van der Waals surface area contributed by atoms with Crippen LogP contribution in [0, 0.1) is 5.92 Å². The zero-order chi connectivity index (χ0) is 14.7. The molecular formula is C16H22N2O3. The molecule has 1 saturated heterocycles. The van der Waals surface area contributed by atoms with Crippen LogP contribution in [0.3, 0.4) is 0 Å². The molecule has 5 heteroatoms. The van der Waals surface area contributed by atoms with Crippen LogP contribution in [0.4, 0.5) is 5.69 Å². The van der Waals surface area contributed by atoms with E-state index in [9.17, 15) is 4.79 Å². The van der Waals surface area contributed by atoms with Gasteiger partial charge in [0.05, 0.1) is 18.4 Å². The highest BCUT2D eigenvalue weighted by Gasteiger charge is 2.30. The standard InChI is InChI=1S/C16H22N2O3/c17-9-12-7-8-15(21-12)16(19)18-13-3-1-2-4-14(13)20-10-11-5-6-11/h1-4,11-12,15H,5-10,17H2,(H,18,19)/t12-,15+/m1/s1. The van der Waals surface area contributed by atoms with Gasteiger partial charge in [0.2, 0.25) is 0 Å². The normalized spacial score (nSPS) is 24.8. The number of para-hydroxylation sites is 2. The summed E-state index contributed by atoms with van der Waals surface area (Å²) in [4.78, 5) is 12.2. The zero-order valence-electron chi connectivity index (χ0n) is 12.1. The second-order valence-corrected chi connectivity index (χ2v) is 5.80. The number of amides is 1. The van der Waals surface area contributed by atoms with Crippen molar-refractivity contribution in [3.05, 3.63) is 24.3 Å². The SMILES string of the molecule is NC[C@H]1CC[C@@H](C(=O)Nc2ccccc2OCC2CC2)O1. The third-order valence-electron chi connectivity index (χ3n) is 3.98. The van der Waals surface area contributed by atoms with Gasteiger partial charge in [-0.05, 0) is 43.7 Å². The summed E-state index contributed by atoms with van der Waals surface area (Å²) in [6, 6.07) is 7.54. The summed E-state index contributed by atoms with van der Waals surface area (Å²) in [6.07, 6.45) is 3.64. The molecule has 3 rings (SSSR count). The van der Waals surface area contributed by atoms with Crippen LogP contribution in [0.1, 0.15) is 25.7 Å². The van der Waals surface area contributed by atoms with Gasteiger partial charge in [-0.1, -0.05) is 12.1 Å². The molecule has 2 atom stereocenters. The predicted octanol–water partition coefficient (Wildman–Crippen LogP) is 1.92. The number of hydrogen-bond acceptors (Lipinski definition) is 4. The highest BCUT2D eigenvalue weighted by Crippen LogP contribution is 2.32. The van der Waals surface area contributed by atoms with E-state index in [2.05, 4.69) is 5.32 Å². The molecular weight excluding hydrogens is 268 g/mol. The molecule has 0 spiro atoms. The highest BCUT2D eigenvalue weighted by molar-refractivity contribution is 5.95. The first-order valence-electron chi connectivity index (χ1n) is 7.64. The topological polar surface area (TPSA) is 73.6 Å². The molecule has 5 nitrogen and oxygen atoms in total. The molecule has 1 amide bonds. The zero-order valence-corrected chi connectivity index (χ0v) is 12.1. The van der Waals surface area contributed by atoms with E-state index >= 15 is 0 Å². The minimum absolute atomic E-state index is 0.00195. The van der Waals surface area contributed by atoms with Gasteiger partial charge in [0.1, 0.15) is 11.9 Å². The van der Waals surface area contributed by atoms with Gasteiger partial charge in [-0.3, -0.25) is 4.79 Å². The number of benzene rings is 1. The monoisotopic (exact) mass is 290 g/mol. The van der Waals surface area contributed by atoms with Crippen LogP contribution in [0.5, 0.6) is 5.75 Å². The first kappa shape index (κ1) is 14.4. The summed E-state index contributed by atoms with van der Waals surface area (Å²) >= 11 is 0. The van der Waals surface area contributed by atoms with E-state index in [0.717, 1.165) is 25.2 Å². The summed E-state index contributed by atoms with van der Waals surface area (Å²) in [5, 5.41) is 2.91. The van der Waals surface area contributed by atoms with Crippen molar-refractivity contribution in [3.63, 3.8) is 0 Å². The number of ether oxygens (including phenoxy) is 2. The fourth-order valence-electron chi connectivity index (χ4n) is 2.47. The molecule has 1 heterocycles. The Labute approximate surface area is 124 Å². The smallest absolute Gasteiger partial charge is 0.253 e. The maximum Gasteiger partial charge on any atom is 0.253 e. The molecule has 1 saturated carbocycles. The van der Waals surface area contributed by atoms with Crippen LogP contribution >= 0.6 is 0 Å². The first-order chi connectivity index (χ1) is 10.3. The van der Waals surface area contributed by atoms with Crippen molar-refractivity contribution in [2.24, 2.45) is 11.7 Å². The summed E-state index contributed by atoms with van der Waals surface area (Å²) in [5.74, 6) is 1.29. The number of rotatable bonds is 6. The van der Waals surface area contributed by atoms with Crippen molar-refractivity contribution >= 4 is 11.6 Å². The average Bonchev–Trinajstić information content (AvgIpc) is 3.21. The number of nitrogens with one attached hydrogen (secondary N) is 1. The van der Waals surface area contributed by atoms with E-state index in [1.807, 2.05) is 24.3 Å². The van der Waals surface area contributed by atoms with Crippen LogP contribution in [-0.2, 0) is 9.53 Å². The predicted molar refractivity (Wildman–Crippen MR) is 80.2 cm³/mol. The Bertz CT molecular complexity index is 502. The molecule has 1 aliphatic heterocycles. The Morgan fingerprint density at radius 3 is 2.81 bits per heavy atom. The molecule has 0 unspecified atom stereocenters. The number of carbonyl (C=O) groups excluding carboxylic acids is 1. The van der Waals surface area contributed by atoms with Gasteiger partial charge in [0, 0.05) is 6.54 Å². The number of anilines is 1. The van der Waals surface area contributed by atoms with Crippen molar-refractivity contribution in [1.29, 1.82) is 0 Å². The molecule has 0 radical (unpaired) electrons. The lowest BCUT2D eigenvalue weighted by molar-refractivity contribution is -0.126. The summed E-state index contributed by atoms with van der Waals surface area (Å²) in [6.45, 7) is 1.19. The van der Waals surface area contributed by atoms with Gasteiger partial charge in [-0.2, -0.15) is 0 Å². The minimum atomic E-state index is -0.407. The van der Waals surface area contributed by atoms with Crippen molar-refractivity contribution < 1.29 is 14.3 Å². The lowest BCUT2D eigenvalue weighted by Gasteiger charge is -2.15. The molecule has 0 aromatic heterocycles. The number of carbonyl (C=O) groups is 1. The Hall–Kier alpha value is -1.59. The molecule has 114 valence electrons. The largest absolute Gasteiger partial charge is 0.491 e. The first-order valence-corrected chi connectivity index (χ1v) is 7.64. The van der Waals surface area contributed by atoms with Crippen molar-refractivity contribution in [2.45, 2.75) is 37.9 Å². The Balaban J connectivity index is 1.59. The Kier molecular flexibility index (Phi) is 4.41. The van der Waals surface area contributed by atoms with E-state index in [0.29, 0.717) is 18.2 Å². The lowest BCUT2D eigenvalue weighted by Crippen LogP contribution is -2.30. The quantitative estimate of drug-likeness (QED) is 0.839. The molecule has 21 heavy (non-hydrogen) atoms. The second-order valence-electron chi connectivity index (χ2n) is 5.80. The summed E-state index contributed by atoms with van der Waals surface area (Å²) in [5.41, 5.74) is 6.28. The molecule has 2 aliphatic rings. The van der Waals surface area contributed by atoms with Gasteiger partial charge in [-0.25, -0.2) is 0 Å². The molecule has 3 N–H and O–H groups in total. The Morgan fingerprint density at radius 2 is 2.10 bits per heavy atom. The lowest BCUT2D eigenvalue weighted by atomic mass is 10.2. The van der Waals surface area contributed by atoms with Crippen LogP contribution in [-0.4, -0.2) is 31.3 Å². The number of hydrogen-bond donors (Lipinski definition) is 2. The highest BCUT2D eigenvalue weighted by atomic mass is 16.5. The van der Waals surface area contributed by atoms with Gasteiger partial charge < -0.3 is 20.5 Å². The molecule has 1 aliphatic carbocycles. The van der Waals surface area contributed by atoms with E-state index < -0.39 is 6.10 Å². The van der Waals surface area contributed by atoms with Crippen LogP contribution in [0.15, 0.2) is 24.3 Å². The molecule has 1 aromatic rings. The minimum Gasteiger partial charge on any atom is -0.491 e. The van der Waals surface area contributed by atoms with Crippen molar-refractivity contribution in [1.82, 2.24) is 0 Å². The van der Waals surface area contributed by atoms with E-state index in [4.69, 9.17) is 15.2 Å². The summed E-state index contributed by atoms with van der Waals surface area (Å²) in [7, 11) is 0. The van der Waals surface area contributed by atoms with Gasteiger partial charge >= 0.3 is 0 Å².